The Balaban J connectivity index is 1.46. The molecule has 0 unspecified atom stereocenters. The Hall–Kier alpha value is -3.68. The molecule has 1 aliphatic heterocycles. The molecule has 0 atom stereocenters. The maximum atomic E-state index is 12.5. The Morgan fingerprint density at radius 2 is 1.83 bits per heavy atom. The molecule has 3 aromatic rings. The van der Waals surface area contributed by atoms with Gasteiger partial charge in [0.25, 0.3) is 5.56 Å². The van der Waals surface area contributed by atoms with E-state index in [1.807, 2.05) is 24.3 Å². The van der Waals surface area contributed by atoms with E-state index in [2.05, 4.69) is 10.2 Å². The van der Waals surface area contributed by atoms with Crippen molar-refractivity contribution in [3.8, 4) is 5.75 Å². The summed E-state index contributed by atoms with van der Waals surface area (Å²) in [4.78, 5) is 36.7. The molecular weight excluding hydrogens is 386 g/mol. The lowest BCUT2D eigenvalue weighted by molar-refractivity contribution is -0.140. The van der Waals surface area contributed by atoms with Crippen molar-refractivity contribution in [2.45, 2.75) is 19.3 Å². The number of piperidine rings is 1. The predicted octanol–water partition coefficient (Wildman–Crippen LogP) is 2.81. The molecule has 30 heavy (non-hydrogen) atoms. The second kappa shape index (κ2) is 8.36. The van der Waals surface area contributed by atoms with Gasteiger partial charge in [-0.1, -0.05) is 30.3 Å². The number of rotatable bonds is 4. The topological polar surface area (TPSA) is 113 Å². The number of carbonyl (C=O) groups is 2. The number of aromatic amines is 1. The van der Waals surface area contributed by atoms with Crippen molar-refractivity contribution < 1.29 is 19.4 Å². The SMILES string of the molecule is O=C(Oc1cccc(Cc2n[nH]c(=O)c3ccccc23)c1)C1CCN(C(=O)O)CC1. The van der Waals surface area contributed by atoms with Crippen molar-refractivity contribution in [2.24, 2.45) is 5.92 Å². The summed E-state index contributed by atoms with van der Waals surface area (Å²) in [7, 11) is 0. The van der Waals surface area contributed by atoms with Gasteiger partial charge < -0.3 is 14.7 Å². The summed E-state index contributed by atoms with van der Waals surface area (Å²) >= 11 is 0. The smallest absolute Gasteiger partial charge is 0.407 e. The number of H-pyrrole nitrogens is 1. The highest BCUT2D eigenvalue weighted by atomic mass is 16.5. The van der Waals surface area contributed by atoms with Crippen LogP contribution in [0.5, 0.6) is 5.75 Å². The summed E-state index contributed by atoms with van der Waals surface area (Å²) < 4.78 is 5.55. The molecule has 0 radical (unpaired) electrons. The van der Waals surface area contributed by atoms with Gasteiger partial charge in [-0.2, -0.15) is 5.10 Å². The Kier molecular flexibility index (Phi) is 5.47. The lowest BCUT2D eigenvalue weighted by Crippen LogP contribution is -2.40. The minimum Gasteiger partial charge on any atom is -0.465 e. The standard InChI is InChI=1S/C22H21N3O5/c26-20-18-7-2-1-6-17(18)19(23-24-20)13-14-4-3-5-16(12-14)30-21(27)15-8-10-25(11-9-15)22(28)29/h1-7,12,15H,8-11,13H2,(H,24,26)(H,28,29). The first-order chi connectivity index (χ1) is 14.5. The van der Waals surface area contributed by atoms with Crippen LogP contribution < -0.4 is 10.3 Å². The largest absolute Gasteiger partial charge is 0.465 e. The summed E-state index contributed by atoms with van der Waals surface area (Å²) in [5.41, 5.74) is 1.39. The molecule has 1 aliphatic rings. The number of ether oxygens (including phenoxy) is 1. The van der Waals surface area contributed by atoms with E-state index in [1.165, 1.54) is 4.90 Å². The molecule has 1 saturated heterocycles. The average Bonchev–Trinajstić information content (AvgIpc) is 2.76. The second-order valence-electron chi connectivity index (χ2n) is 7.33. The van der Waals surface area contributed by atoms with Crippen LogP contribution in [0, 0.1) is 5.92 Å². The minimum absolute atomic E-state index is 0.231. The van der Waals surface area contributed by atoms with Gasteiger partial charge in [0.1, 0.15) is 5.75 Å². The Bertz CT molecular complexity index is 1150. The van der Waals surface area contributed by atoms with Gasteiger partial charge in [-0.15, -0.1) is 0 Å². The number of likely N-dealkylation sites (tertiary alicyclic amines) is 1. The van der Waals surface area contributed by atoms with Crippen LogP contribution in [0.2, 0.25) is 0 Å². The molecule has 2 N–H and O–H groups in total. The van der Waals surface area contributed by atoms with Crippen molar-refractivity contribution in [3.63, 3.8) is 0 Å². The monoisotopic (exact) mass is 407 g/mol. The van der Waals surface area contributed by atoms with E-state index in [0.717, 1.165) is 16.6 Å². The van der Waals surface area contributed by atoms with E-state index in [4.69, 9.17) is 9.84 Å². The second-order valence-corrected chi connectivity index (χ2v) is 7.33. The predicted molar refractivity (Wildman–Crippen MR) is 110 cm³/mol. The van der Waals surface area contributed by atoms with Crippen LogP contribution >= 0.6 is 0 Å². The summed E-state index contributed by atoms with van der Waals surface area (Å²) in [5, 5.41) is 17.1. The number of hydrogen-bond donors (Lipinski definition) is 2. The summed E-state index contributed by atoms with van der Waals surface area (Å²) in [5.74, 6) is -0.217. The van der Waals surface area contributed by atoms with E-state index >= 15 is 0 Å². The molecule has 0 spiro atoms. The third-order valence-electron chi connectivity index (χ3n) is 5.36. The molecule has 1 amide bonds. The molecule has 154 valence electrons. The van der Waals surface area contributed by atoms with Crippen LogP contribution in [0.4, 0.5) is 4.79 Å². The van der Waals surface area contributed by atoms with Gasteiger partial charge in [-0.25, -0.2) is 9.89 Å². The zero-order valence-electron chi connectivity index (χ0n) is 16.2. The number of nitrogens with one attached hydrogen (secondary N) is 1. The van der Waals surface area contributed by atoms with E-state index in [-0.39, 0.29) is 17.4 Å². The molecule has 1 fully saturated rings. The van der Waals surface area contributed by atoms with E-state index in [9.17, 15) is 14.4 Å². The molecule has 2 aromatic carbocycles. The number of hydrogen-bond acceptors (Lipinski definition) is 5. The first-order valence-electron chi connectivity index (χ1n) is 9.76. The zero-order chi connectivity index (χ0) is 21.1. The van der Waals surface area contributed by atoms with Gasteiger partial charge in [0.15, 0.2) is 0 Å². The summed E-state index contributed by atoms with van der Waals surface area (Å²) in [6.45, 7) is 0.667. The number of carboxylic acid groups (broad SMARTS) is 1. The molecule has 0 aliphatic carbocycles. The Morgan fingerprint density at radius 3 is 2.57 bits per heavy atom. The maximum Gasteiger partial charge on any atom is 0.407 e. The molecule has 0 bridgehead atoms. The fraction of sp³-hybridized carbons (Fsp3) is 0.273. The fourth-order valence-corrected chi connectivity index (χ4v) is 3.72. The molecule has 4 rings (SSSR count). The average molecular weight is 407 g/mol. The minimum atomic E-state index is -0.960. The highest BCUT2D eigenvalue weighted by molar-refractivity contribution is 5.83. The van der Waals surface area contributed by atoms with Crippen molar-refractivity contribution in [3.05, 3.63) is 70.1 Å². The number of amides is 1. The number of carbonyl (C=O) groups excluding carboxylic acids is 1. The van der Waals surface area contributed by atoms with Gasteiger partial charge in [-0.3, -0.25) is 9.59 Å². The molecule has 1 aromatic heterocycles. The van der Waals surface area contributed by atoms with E-state index in [0.29, 0.717) is 43.5 Å². The van der Waals surface area contributed by atoms with Crippen LogP contribution in [0.3, 0.4) is 0 Å². The van der Waals surface area contributed by atoms with Gasteiger partial charge in [0.2, 0.25) is 0 Å². The molecule has 8 heteroatoms. The first-order valence-corrected chi connectivity index (χ1v) is 9.76. The number of aromatic nitrogens is 2. The fourth-order valence-electron chi connectivity index (χ4n) is 3.72. The number of nitrogens with zero attached hydrogens (tertiary/aromatic N) is 2. The van der Waals surface area contributed by atoms with Crippen LogP contribution in [0.15, 0.2) is 53.3 Å². The lowest BCUT2D eigenvalue weighted by Gasteiger charge is -2.28. The van der Waals surface area contributed by atoms with Crippen molar-refractivity contribution in [1.82, 2.24) is 15.1 Å². The summed E-state index contributed by atoms with van der Waals surface area (Å²) in [6, 6.07) is 14.5. The highest BCUT2D eigenvalue weighted by Gasteiger charge is 2.28. The summed E-state index contributed by atoms with van der Waals surface area (Å²) in [6.07, 6.45) is 0.425. The van der Waals surface area contributed by atoms with Crippen LogP contribution in [-0.4, -0.2) is 45.4 Å². The van der Waals surface area contributed by atoms with Gasteiger partial charge in [-0.05, 0) is 36.6 Å². The van der Waals surface area contributed by atoms with Gasteiger partial charge >= 0.3 is 12.1 Å². The van der Waals surface area contributed by atoms with Crippen molar-refractivity contribution in [2.75, 3.05) is 13.1 Å². The molecular formula is C22H21N3O5. The Morgan fingerprint density at radius 1 is 1.10 bits per heavy atom. The molecule has 2 heterocycles. The lowest BCUT2D eigenvalue weighted by atomic mass is 9.97. The van der Waals surface area contributed by atoms with Crippen molar-refractivity contribution >= 4 is 22.8 Å². The third-order valence-corrected chi connectivity index (χ3v) is 5.36. The highest BCUT2D eigenvalue weighted by Crippen LogP contribution is 2.23. The normalized spacial score (nSPS) is 14.6. The van der Waals surface area contributed by atoms with E-state index in [1.54, 1.807) is 24.3 Å². The number of esters is 1. The van der Waals surface area contributed by atoms with Crippen LogP contribution in [-0.2, 0) is 11.2 Å². The third kappa shape index (κ3) is 4.17. The number of fused-ring (bicyclic) bond motifs is 1. The Labute approximate surface area is 172 Å². The first kappa shape index (κ1) is 19.6. The van der Waals surface area contributed by atoms with Gasteiger partial charge in [0, 0.05) is 24.9 Å². The van der Waals surface area contributed by atoms with Crippen LogP contribution in [0.25, 0.3) is 10.8 Å². The molecule has 8 nitrogen and oxygen atoms in total. The van der Waals surface area contributed by atoms with Crippen LogP contribution in [0.1, 0.15) is 24.1 Å². The quantitative estimate of drug-likeness (QED) is 0.508. The van der Waals surface area contributed by atoms with Crippen molar-refractivity contribution in [1.29, 1.82) is 0 Å². The maximum absolute atomic E-state index is 12.5. The van der Waals surface area contributed by atoms with Gasteiger partial charge in [0.05, 0.1) is 17.0 Å². The number of benzene rings is 2. The molecule has 0 saturated carbocycles. The van der Waals surface area contributed by atoms with E-state index < -0.39 is 6.09 Å². The zero-order valence-corrected chi connectivity index (χ0v) is 16.2.